The molecule has 1 aliphatic carbocycles. The highest BCUT2D eigenvalue weighted by molar-refractivity contribution is 5.93. The molecule has 90 valence electrons. The number of allylic oxidation sites excluding steroid dienone is 4. The molecule has 0 aromatic heterocycles. The third-order valence-electron chi connectivity index (χ3n) is 2.61. The number of hydrogen-bond donors (Lipinski definition) is 1. The summed E-state index contributed by atoms with van der Waals surface area (Å²) in [6.45, 7) is 5.56. The Morgan fingerprint density at radius 1 is 1.59 bits per heavy atom. The van der Waals surface area contributed by atoms with Crippen molar-refractivity contribution in [3.8, 4) is 0 Å². The monoisotopic (exact) mass is 232 g/mol. The van der Waals surface area contributed by atoms with Gasteiger partial charge in [0, 0.05) is 18.1 Å². The zero-order chi connectivity index (χ0) is 13.0. The first kappa shape index (κ1) is 13.2. The number of rotatable bonds is 2. The lowest BCUT2D eigenvalue weighted by atomic mass is 9.85. The third-order valence-corrected chi connectivity index (χ3v) is 2.61. The minimum Gasteiger partial charge on any atom is -0.478 e. The molecule has 0 aromatic rings. The van der Waals surface area contributed by atoms with Crippen LogP contribution in [0.5, 0.6) is 0 Å². The number of carbonyl (C=O) groups excluding carboxylic acids is 1. The van der Waals surface area contributed by atoms with Crippen molar-refractivity contribution in [3.63, 3.8) is 0 Å². The Kier molecular flexibility index (Phi) is 4.24. The standard InChI is InChI=1S/C14H16O3/c1-9(6-14(16)17)4-5-13-10(2)7-12(15)8-11(13)3/h4,6-7,11H,8H2,1-3H3,(H,16,17)/b9-6-. The maximum Gasteiger partial charge on any atom is 0.328 e. The average molecular weight is 232 g/mol. The molecule has 1 N–H and O–H groups in total. The minimum absolute atomic E-state index is 0.137. The van der Waals surface area contributed by atoms with Crippen LogP contribution in [0.4, 0.5) is 0 Å². The molecule has 0 radical (unpaired) electrons. The molecule has 0 bridgehead atoms. The summed E-state index contributed by atoms with van der Waals surface area (Å²) >= 11 is 0. The summed E-state index contributed by atoms with van der Waals surface area (Å²) < 4.78 is 0. The van der Waals surface area contributed by atoms with Crippen molar-refractivity contribution in [2.75, 3.05) is 0 Å². The van der Waals surface area contributed by atoms with E-state index in [2.05, 4.69) is 5.73 Å². The van der Waals surface area contributed by atoms with Gasteiger partial charge in [0.2, 0.25) is 0 Å². The van der Waals surface area contributed by atoms with Crippen molar-refractivity contribution in [2.45, 2.75) is 27.2 Å². The number of hydrogen-bond acceptors (Lipinski definition) is 2. The van der Waals surface area contributed by atoms with Crippen LogP contribution in [0.2, 0.25) is 0 Å². The van der Waals surface area contributed by atoms with Crippen LogP contribution in [0.15, 0.2) is 40.7 Å². The molecule has 0 fully saturated rings. The van der Waals surface area contributed by atoms with Crippen LogP contribution in [0.1, 0.15) is 27.2 Å². The van der Waals surface area contributed by atoms with Crippen LogP contribution in [-0.4, -0.2) is 16.9 Å². The Hall–Kier alpha value is -1.86. The maximum atomic E-state index is 11.3. The van der Waals surface area contributed by atoms with E-state index in [4.69, 9.17) is 5.11 Å². The highest BCUT2D eigenvalue weighted by Crippen LogP contribution is 2.26. The fourth-order valence-corrected chi connectivity index (χ4v) is 1.85. The highest BCUT2D eigenvalue weighted by Gasteiger charge is 2.19. The number of ketones is 1. The lowest BCUT2D eigenvalue weighted by molar-refractivity contribution is -0.131. The SMILES string of the molecule is CC1=CC(=O)CC(C)C1=C=C/C(C)=C\C(=O)O. The molecule has 1 aliphatic rings. The molecule has 3 nitrogen and oxygen atoms in total. The molecule has 0 aromatic carbocycles. The lowest BCUT2D eigenvalue weighted by Crippen LogP contribution is -2.12. The van der Waals surface area contributed by atoms with Gasteiger partial charge in [0.15, 0.2) is 5.78 Å². The van der Waals surface area contributed by atoms with Crippen LogP contribution >= 0.6 is 0 Å². The van der Waals surface area contributed by atoms with Crippen molar-refractivity contribution in [1.82, 2.24) is 0 Å². The van der Waals surface area contributed by atoms with Crippen molar-refractivity contribution < 1.29 is 14.7 Å². The minimum atomic E-state index is -0.968. The second-order valence-electron chi connectivity index (χ2n) is 4.33. The molecule has 0 saturated carbocycles. The van der Waals surface area contributed by atoms with E-state index < -0.39 is 5.97 Å². The van der Waals surface area contributed by atoms with E-state index in [9.17, 15) is 9.59 Å². The number of carboxylic acids is 1. The van der Waals surface area contributed by atoms with Gasteiger partial charge in [-0.15, -0.1) is 5.73 Å². The number of carboxylic acid groups (broad SMARTS) is 1. The molecule has 1 unspecified atom stereocenters. The molecule has 0 saturated heterocycles. The van der Waals surface area contributed by atoms with E-state index >= 15 is 0 Å². The van der Waals surface area contributed by atoms with Crippen LogP contribution < -0.4 is 0 Å². The zero-order valence-electron chi connectivity index (χ0n) is 10.3. The van der Waals surface area contributed by atoms with Gasteiger partial charge in [-0.05, 0) is 43.1 Å². The molecule has 1 rings (SSSR count). The van der Waals surface area contributed by atoms with E-state index in [1.165, 1.54) is 0 Å². The second kappa shape index (κ2) is 5.46. The van der Waals surface area contributed by atoms with Gasteiger partial charge >= 0.3 is 5.97 Å². The van der Waals surface area contributed by atoms with Crippen LogP contribution in [0.25, 0.3) is 0 Å². The normalized spacial score (nSPS) is 20.8. The van der Waals surface area contributed by atoms with Crippen molar-refractivity contribution in [3.05, 3.63) is 40.7 Å². The number of carbonyl (C=O) groups is 2. The molecule has 0 heterocycles. The van der Waals surface area contributed by atoms with Crippen molar-refractivity contribution >= 4 is 11.8 Å². The van der Waals surface area contributed by atoms with Gasteiger partial charge in [0.1, 0.15) is 0 Å². The van der Waals surface area contributed by atoms with Crippen LogP contribution in [0, 0.1) is 5.92 Å². The smallest absolute Gasteiger partial charge is 0.328 e. The molecular weight excluding hydrogens is 216 g/mol. The Balaban J connectivity index is 3.07. The molecule has 3 heteroatoms. The van der Waals surface area contributed by atoms with E-state index in [1.807, 2.05) is 13.8 Å². The Morgan fingerprint density at radius 2 is 2.24 bits per heavy atom. The second-order valence-corrected chi connectivity index (χ2v) is 4.33. The lowest BCUT2D eigenvalue weighted by Gasteiger charge is -2.18. The Bertz CT molecular complexity index is 472. The molecule has 0 aliphatic heterocycles. The largest absolute Gasteiger partial charge is 0.478 e. The summed E-state index contributed by atoms with van der Waals surface area (Å²) in [4.78, 5) is 21.7. The maximum absolute atomic E-state index is 11.3. The molecule has 0 spiro atoms. The average Bonchev–Trinajstić information content (AvgIpc) is 2.14. The molecular formula is C14H16O3. The van der Waals surface area contributed by atoms with Gasteiger partial charge in [0.25, 0.3) is 0 Å². The number of aliphatic carboxylic acids is 1. The highest BCUT2D eigenvalue weighted by atomic mass is 16.4. The first-order valence-corrected chi connectivity index (χ1v) is 5.49. The van der Waals surface area contributed by atoms with E-state index in [-0.39, 0.29) is 11.7 Å². The third kappa shape index (κ3) is 3.89. The van der Waals surface area contributed by atoms with Crippen molar-refractivity contribution in [1.29, 1.82) is 0 Å². The van der Waals surface area contributed by atoms with Crippen LogP contribution in [-0.2, 0) is 9.59 Å². The summed E-state index contributed by atoms with van der Waals surface area (Å²) in [5.41, 5.74) is 5.60. The van der Waals surface area contributed by atoms with Gasteiger partial charge in [-0.25, -0.2) is 4.79 Å². The first-order chi connectivity index (χ1) is 7.90. The van der Waals surface area contributed by atoms with Gasteiger partial charge in [-0.2, -0.15) is 0 Å². The van der Waals surface area contributed by atoms with Gasteiger partial charge in [-0.1, -0.05) is 6.92 Å². The van der Waals surface area contributed by atoms with Crippen LogP contribution in [0.3, 0.4) is 0 Å². The van der Waals surface area contributed by atoms with E-state index in [0.717, 1.165) is 17.2 Å². The van der Waals surface area contributed by atoms with Crippen molar-refractivity contribution in [2.24, 2.45) is 5.92 Å². The first-order valence-electron chi connectivity index (χ1n) is 5.49. The topological polar surface area (TPSA) is 54.4 Å². The quantitative estimate of drug-likeness (QED) is 0.452. The fourth-order valence-electron chi connectivity index (χ4n) is 1.85. The molecule has 17 heavy (non-hydrogen) atoms. The summed E-state index contributed by atoms with van der Waals surface area (Å²) in [6, 6.07) is 0. The summed E-state index contributed by atoms with van der Waals surface area (Å²) in [7, 11) is 0. The predicted molar refractivity (Wildman–Crippen MR) is 65.5 cm³/mol. The van der Waals surface area contributed by atoms with E-state index in [1.54, 1.807) is 19.1 Å². The molecule has 0 amide bonds. The summed E-state index contributed by atoms with van der Waals surface area (Å²) in [5.74, 6) is -0.690. The van der Waals surface area contributed by atoms with Gasteiger partial charge in [0.05, 0.1) is 0 Å². The summed E-state index contributed by atoms with van der Waals surface area (Å²) in [6.07, 6.45) is 4.89. The Labute approximate surface area is 101 Å². The Morgan fingerprint density at radius 3 is 2.76 bits per heavy atom. The molecule has 1 atom stereocenters. The van der Waals surface area contributed by atoms with E-state index in [0.29, 0.717) is 12.0 Å². The van der Waals surface area contributed by atoms with Gasteiger partial charge < -0.3 is 5.11 Å². The zero-order valence-corrected chi connectivity index (χ0v) is 10.3. The summed E-state index contributed by atoms with van der Waals surface area (Å²) in [5, 5.41) is 8.57. The predicted octanol–water partition coefficient (Wildman–Crippen LogP) is 2.65. The van der Waals surface area contributed by atoms with Gasteiger partial charge in [-0.3, -0.25) is 4.79 Å². The fraction of sp³-hybridized carbons (Fsp3) is 0.357.